The van der Waals surface area contributed by atoms with E-state index in [2.05, 4.69) is 19.2 Å². The molecule has 0 fully saturated rings. The van der Waals surface area contributed by atoms with Gasteiger partial charge in [-0.05, 0) is 52.0 Å². The van der Waals surface area contributed by atoms with Crippen LogP contribution < -0.4 is 10.9 Å². The largest absolute Gasteiger partial charge is 0.444 e. The third-order valence-corrected chi connectivity index (χ3v) is 5.78. The number of alkyl carbamates (subject to hydrolysis) is 1. The number of pyridine rings is 1. The van der Waals surface area contributed by atoms with Crippen molar-refractivity contribution < 1.29 is 27.5 Å². The smallest absolute Gasteiger partial charge is 0.408 e. The number of carbonyl (C=O) groups is 3. The van der Waals surface area contributed by atoms with Gasteiger partial charge in [-0.2, -0.15) is 0 Å². The van der Waals surface area contributed by atoms with Gasteiger partial charge in [0.25, 0.3) is 5.56 Å². The van der Waals surface area contributed by atoms with E-state index in [1.807, 2.05) is 0 Å². The van der Waals surface area contributed by atoms with Gasteiger partial charge in [0.05, 0.1) is 12.6 Å². The number of carbonyl (C=O) groups excluding carboxylic acids is 3. The molecule has 0 unspecified atom stereocenters. The second-order valence-corrected chi connectivity index (χ2v) is 12.3. The first-order valence-corrected chi connectivity index (χ1v) is 14.1. The van der Waals surface area contributed by atoms with E-state index in [1.54, 1.807) is 26.8 Å². The summed E-state index contributed by atoms with van der Waals surface area (Å²) in [5.41, 5.74) is -1.00. The molecule has 1 heterocycles. The molecule has 0 saturated heterocycles. The number of hydrogen-bond acceptors (Lipinski definition) is 7. The molecule has 9 nitrogen and oxygen atoms in total. The molecule has 1 rings (SSSR count). The molecular weight excluding hydrogens is 484 g/mol. The van der Waals surface area contributed by atoms with Gasteiger partial charge < -0.3 is 14.6 Å². The molecule has 10 heteroatoms. The van der Waals surface area contributed by atoms with Crippen molar-refractivity contribution in [2.75, 3.05) is 6.26 Å². The lowest BCUT2D eigenvalue weighted by Crippen LogP contribution is -2.44. The Balaban J connectivity index is 2.97. The Kier molecular flexibility index (Phi) is 12.3. The van der Waals surface area contributed by atoms with E-state index in [-0.39, 0.29) is 37.2 Å². The van der Waals surface area contributed by atoms with Gasteiger partial charge in [0.2, 0.25) is 0 Å². The predicted molar refractivity (Wildman–Crippen MR) is 139 cm³/mol. The summed E-state index contributed by atoms with van der Waals surface area (Å²) in [5, 5.41) is 3.57. The summed E-state index contributed by atoms with van der Waals surface area (Å²) in [6.45, 7) is 9.18. The Bertz CT molecular complexity index is 1100. The summed E-state index contributed by atoms with van der Waals surface area (Å²) in [7, 11) is -3.32. The van der Waals surface area contributed by atoms with Crippen LogP contribution in [0.2, 0.25) is 0 Å². The van der Waals surface area contributed by atoms with Crippen LogP contribution in [0.15, 0.2) is 34.6 Å². The van der Waals surface area contributed by atoms with E-state index < -0.39 is 38.9 Å². The van der Waals surface area contributed by atoms with Gasteiger partial charge in [0.1, 0.15) is 5.60 Å². The van der Waals surface area contributed by atoms with Crippen molar-refractivity contribution in [2.45, 2.75) is 91.3 Å². The van der Waals surface area contributed by atoms with Gasteiger partial charge in [-0.15, -0.1) is 0 Å². The number of rotatable bonds is 14. The van der Waals surface area contributed by atoms with E-state index in [1.165, 1.54) is 22.9 Å². The van der Waals surface area contributed by atoms with Gasteiger partial charge in [0.15, 0.2) is 21.4 Å². The summed E-state index contributed by atoms with van der Waals surface area (Å²) >= 11 is 0. The minimum absolute atomic E-state index is 0.0524. The monoisotopic (exact) mass is 524 g/mol. The van der Waals surface area contributed by atoms with Crippen molar-refractivity contribution in [3.8, 4) is 0 Å². The maximum absolute atomic E-state index is 13.1. The summed E-state index contributed by atoms with van der Waals surface area (Å²) in [6.07, 6.45) is 5.36. The zero-order chi connectivity index (χ0) is 27.5. The molecule has 1 amide bonds. The topological polar surface area (TPSA) is 129 Å². The van der Waals surface area contributed by atoms with Crippen LogP contribution in [-0.2, 0) is 37.1 Å². The zero-order valence-corrected chi connectivity index (χ0v) is 23.0. The van der Waals surface area contributed by atoms with Crippen molar-refractivity contribution in [1.29, 1.82) is 0 Å². The van der Waals surface area contributed by atoms with Gasteiger partial charge in [0, 0.05) is 36.3 Å². The summed E-state index contributed by atoms with van der Waals surface area (Å²) in [4.78, 5) is 50.6. The fourth-order valence-electron chi connectivity index (χ4n) is 3.40. The molecule has 0 radical (unpaired) electrons. The molecule has 0 aromatic carbocycles. The maximum atomic E-state index is 13.1. The average Bonchev–Trinajstić information content (AvgIpc) is 2.70. The molecule has 36 heavy (non-hydrogen) atoms. The Labute approximate surface area is 214 Å². The number of amides is 1. The molecule has 1 atom stereocenters. The Hall–Kier alpha value is -2.75. The first-order valence-electron chi connectivity index (χ1n) is 12.2. The SMILES string of the molecule is CC(C)CCCC(=O)Cn1cccc(CC(=O)[C@H](CC/C=C/S(C)(=O)=O)NC(=O)OC(C)(C)C)c1=O. The number of sulfone groups is 1. The molecule has 1 aromatic heterocycles. The summed E-state index contributed by atoms with van der Waals surface area (Å²) in [5.74, 6) is 0.0223. The van der Waals surface area contributed by atoms with E-state index in [0.29, 0.717) is 12.3 Å². The minimum atomic E-state index is -3.32. The van der Waals surface area contributed by atoms with E-state index in [9.17, 15) is 27.6 Å². The highest BCUT2D eigenvalue weighted by Gasteiger charge is 2.25. The molecule has 1 aromatic rings. The van der Waals surface area contributed by atoms with Crippen molar-refractivity contribution in [2.24, 2.45) is 5.92 Å². The molecule has 0 aliphatic carbocycles. The van der Waals surface area contributed by atoms with E-state index in [0.717, 1.165) is 24.5 Å². The first-order chi connectivity index (χ1) is 16.6. The van der Waals surface area contributed by atoms with Crippen molar-refractivity contribution >= 4 is 27.5 Å². The second-order valence-electron chi connectivity index (χ2n) is 10.4. The highest BCUT2D eigenvalue weighted by Crippen LogP contribution is 2.10. The maximum Gasteiger partial charge on any atom is 0.408 e. The highest BCUT2D eigenvalue weighted by molar-refractivity contribution is 7.93. The van der Waals surface area contributed by atoms with E-state index >= 15 is 0 Å². The number of ether oxygens (including phenoxy) is 1. The third kappa shape index (κ3) is 13.4. The molecule has 0 spiro atoms. The quantitative estimate of drug-likeness (QED) is 0.394. The second kappa shape index (κ2) is 14.1. The zero-order valence-electron chi connectivity index (χ0n) is 22.2. The summed E-state index contributed by atoms with van der Waals surface area (Å²) < 4.78 is 29.2. The highest BCUT2D eigenvalue weighted by atomic mass is 32.2. The van der Waals surface area contributed by atoms with Crippen molar-refractivity contribution in [3.63, 3.8) is 0 Å². The standard InChI is InChI=1S/C26H40N2O7S/c1-19(2)11-9-13-21(29)18-28-15-10-12-20(24(28)31)17-23(30)22(14-7-8-16-36(6,33)34)27-25(32)35-26(3,4)5/h8,10,12,15-16,19,22H,7,9,11,13-14,17-18H2,1-6H3,(H,27,32)/b16-8+/t22-/m0/s1. The molecule has 1 N–H and O–H groups in total. The number of aromatic nitrogens is 1. The van der Waals surface area contributed by atoms with Crippen LogP contribution in [0.1, 0.15) is 72.3 Å². The van der Waals surface area contributed by atoms with Crippen LogP contribution in [0.5, 0.6) is 0 Å². The number of Topliss-reactive ketones (excluding diaryl/α,β-unsaturated/α-hetero) is 2. The number of nitrogens with zero attached hydrogens (tertiary/aromatic N) is 1. The number of hydrogen-bond donors (Lipinski definition) is 1. The van der Waals surface area contributed by atoms with Gasteiger partial charge >= 0.3 is 6.09 Å². The van der Waals surface area contributed by atoms with Crippen LogP contribution in [0.4, 0.5) is 4.79 Å². The predicted octanol–water partition coefficient (Wildman–Crippen LogP) is 3.59. The third-order valence-electron chi connectivity index (χ3n) is 5.09. The Morgan fingerprint density at radius 2 is 1.83 bits per heavy atom. The van der Waals surface area contributed by atoms with Crippen LogP contribution in [0.3, 0.4) is 0 Å². The Morgan fingerprint density at radius 3 is 2.42 bits per heavy atom. The van der Waals surface area contributed by atoms with Gasteiger partial charge in [-0.1, -0.05) is 32.4 Å². The average molecular weight is 525 g/mol. The molecule has 0 aliphatic heterocycles. The fraction of sp³-hybridized carbons (Fsp3) is 0.615. The molecule has 0 saturated carbocycles. The van der Waals surface area contributed by atoms with Crippen LogP contribution in [0.25, 0.3) is 0 Å². The molecule has 0 bridgehead atoms. The minimum Gasteiger partial charge on any atom is -0.444 e. The lowest BCUT2D eigenvalue weighted by atomic mass is 10.0. The normalized spacial score (nSPS) is 13.1. The number of nitrogens with one attached hydrogen (secondary N) is 1. The lowest BCUT2D eigenvalue weighted by Gasteiger charge is -2.23. The summed E-state index contributed by atoms with van der Waals surface area (Å²) in [6, 6.07) is 2.14. The fourth-order valence-corrected chi connectivity index (χ4v) is 3.89. The molecule has 202 valence electrons. The lowest BCUT2D eigenvalue weighted by molar-refractivity contribution is -0.120. The van der Waals surface area contributed by atoms with Crippen LogP contribution in [0, 0.1) is 5.92 Å². The van der Waals surface area contributed by atoms with Crippen molar-refractivity contribution in [1.82, 2.24) is 9.88 Å². The molecular formula is C26H40N2O7S. The van der Waals surface area contributed by atoms with Gasteiger partial charge in [-0.3, -0.25) is 14.4 Å². The van der Waals surface area contributed by atoms with Crippen molar-refractivity contribution in [3.05, 3.63) is 45.7 Å². The Morgan fingerprint density at radius 1 is 1.17 bits per heavy atom. The van der Waals surface area contributed by atoms with E-state index in [4.69, 9.17) is 4.74 Å². The van der Waals surface area contributed by atoms with Crippen LogP contribution >= 0.6 is 0 Å². The number of allylic oxidation sites excluding steroid dienone is 1. The number of ketones is 2. The van der Waals surface area contributed by atoms with Gasteiger partial charge in [-0.25, -0.2) is 13.2 Å². The first kappa shape index (κ1) is 31.3. The molecule has 0 aliphatic rings. The van der Waals surface area contributed by atoms with Crippen LogP contribution in [-0.4, -0.2) is 48.5 Å².